The van der Waals surface area contributed by atoms with Crippen LogP contribution in [0.5, 0.6) is 0 Å². The van der Waals surface area contributed by atoms with E-state index < -0.39 is 0 Å². The van der Waals surface area contributed by atoms with Gasteiger partial charge in [-0.1, -0.05) is 6.92 Å². The molecule has 2 nitrogen and oxygen atoms in total. The highest BCUT2D eigenvalue weighted by Gasteiger charge is 2.23. The van der Waals surface area contributed by atoms with E-state index in [9.17, 15) is 0 Å². The predicted molar refractivity (Wildman–Crippen MR) is 20.5 cm³/mol. The summed E-state index contributed by atoms with van der Waals surface area (Å²) >= 11 is 0. The highest BCUT2D eigenvalue weighted by Crippen LogP contribution is 2.15. The first kappa shape index (κ1) is 4.09. The second-order valence-corrected chi connectivity index (χ2v) is 1.20. The smallest absolute Gasteiger partial charge is 0.198 e. The summed E-state index contributed by atoms with van der Waals surface area (Å²) in [5.74, 6) is 0. The largest absolute Gasteiger partial charge is 0.227 e. The Morgan fingerprint density at radius 1 is 1.67 bits per heavy atom. The molecule has 2 heteroatoms. The van der Waals surface area contributed by atoms with E-state index in [2.05, 4.69) is 9.78 Å². The molecule has 0 aromatic rings. The highest BCUT2D eigenvalue weighted by molar-refractivity contribution is 4.68. The van der Waals surface area contributed by atoms with Crippen LogP contribution in [0, 0.1) is 6.42 Å². The Morgan fingerprint density at radius 2 is 2.33 bits per heavy atom. The van der Waals surface area contributed by atoms with Crippen molar-refractivity contribution in [2.24, 2.45) is 0 Å². The lowest BCUT2D eigenvalue weighted by molar-refractivity contribution is 0.0850. The second-order valence-electron chi connectivity index (χ2n) is 1.20. The second kappa shape index (κ2) is 1.58. The van der Waals surface area contributed by atoms with Gasteiger partial charge in [0.2, 0.25) is 6.29 Å². The van der Waals surface area contributed by atoms with Crippen LogP contribution in [0.3, 0.4) is 0 Å². The summed E-state index contributed by atoms with van der Waals surface area (Å²) in [7, 11) is 0. The average Bonchev–Trinajstić information content (AvgIpc) is 2.21. The van der Waals surface area contributed by atoms with Gasteiger partial charge < -0.3 is 0 Å². The zero-order valence-corrected chi connectivity index (χ0v) is 3.68. The molecular weight excluding hydrogens is 80.0 g/mol. The van der Waals surface area contributed by atoms with Crippen molar-refractivity contribution in [3.8, 4) is 0 Å². The molecule has 6 heavy (non-hydrogen) atoms. The molecule has 0 unspecified atom stereocenters. The van der Waals surface area contributed by atoms with Crippen LogP contribution in [-0.2, 0) is 9.78 Å². The van der Waals surface area contributed by atoms with Crippen molar-refractivity contribution in [1.29, 1.82) is 0 Å². The van der Waals surface area contributed by atoms with Gasteiger partial charge in [-0.25, -0.2) is 0 Å². The summed E-state index contributed by atoms with van der Waals surface area (Å²) in [4.78, 5) is 8.79. The molecule has 0 atom stereocenters. The molecule has 35 valence electrons. The van der Waals surface area contributed by atoms with Crippen LogP contribution in [0.1, 0.15) is 13.3 Å². The first-order chi connectivity index (χ1) is 2.93. The summed E-state index contributed by atoms with van der Waals surface area (Å²) < 4.78 is 0. The van der Waals surface area contributed by atoms with E-state index in [1.807, 2.05) is 13.3 Å². The summed E-state index contributed by atoms with van der Waals surface area (Å²) in [5, 5.41) is 0. The third kappa shape index (κ3) is 0.954. The van der Waals surface area contributed by atoms with E-state index in [-0.39, 0.29) is 6.29 Å². The van der Waals surface area contributed by atoms with Gasteiger partial charge in [-0.2, -0.15) is 9.78 Å². The zero-order valence-electron chi connectivity index (χ0n) is 3.68. The molecule has 0 aromatic heterocycles. The normalized spacial score (nSPS) is 21.5. The molecule has 1 heterocycles. The van der Waals surface area contributed by atoms with Crippen molar-refractivity contribution in [3.63, 3.8) is 0 Å². The van der Waals surface area contributed by atoms with Gasteiger partial charge in [0.15, 0.2) is 0 Å². The predicted octanol–water partition coefficient (Wildman–Crippen LogP) is 0.889. The maximum Gasteiger partial charge on any atom is 0.227 e. The van der Waals surface area contributed by atoms with E-state index in [1.54, 1.807) is 0 Å². The average molecular weight is 87.1 g/mol. The summed E-state index contributed by atoms with van der Waals surface area (Å²) in [6, 6.07) is 0. The molecule has 1 fully saturated rings. The van der Waals surface area contributed by atoms with Crippen molar-refractivity contribution in [1.82, 2.24) is 0 Å². The van der Waals surface area contributed by atoms with Crippen LogP contribution in [0.15, 0.2) is 0 Å². The lowest BCUT2D eigenvalue weighted by Gasteiger charge is -1.74. The van der Waals surface area contributed by atoms with Gasteiger partial charge in [0.1, 0.15) is 0 Å². The Kier molecular flexibility index (Phi) is 1.08. The van der Waals surface area contributed by atoms with Crippen LogP contribution in [-0.4, -0.2) is 6.29 Å². The lowest BCUT2D eigenvalue weighted by Crippen LogP contribution is -1.79. The van der Waals surface area contributed by atoms with Gasteiger partial charge in [-0.15, -0.1) is 0 Å². The van der Waals surface area contributed by atoms with Crippen molar-refractivity contribution in [3.05, 3.63) is 6.42 Å². The third-order valence-electron chi connectivity index (χ3n) is 0.635. The summed E-state index contributed by atoms with van der Waals surface area (Å²) in [6.07, 6.45) is 3.00. The van der Waals surface area contributed by atoms with Crippen LogP contribution >= 0.6 is 0 Å². The Bertz CT molecular complexity index is 40.8. The van der Waals surface area contributed by atoms with E-state index in [1.165, 1.54) is 0 Å². The summed E-state index contributed by atoms with van der Waals surface area (Å²) in [5.41, 5.74) is 0. The van der Waals surface area contributed by atoms with Crippen molar-refractivity contribution in [2.45, 2.75) is 19.6 Å². The maximum atomic E-state index is 4.39. The van der Waals surface area contributed by atoms with Gasteiger partial charge in [0.25, 0.3) is 0 Å². The standard InChI is InChI=1S/C4H7O2/c1-2-3-4-5-6-4/h3-4H,2H2,1H3. The minimum atomic E-state index is 0.0231. The number of hydrogen-bond acceptors (Lipinski definition) is 2. The molecule has 1 saturated heterocycles. The van der Waals surface area contributed by atoms with Crippen molar-refractivity contribution >= 4 is 0 Å². The Balaban J connectivity index is 1.88. The highest BCUT2D eigenvalue weighted by atomic mass is 17.4. The maximum absolute atomic E-state index is 4.39. The molecule has 1 aliphatic heterocycles. The van der Waals surface area contributed by atoms with E-state index in [4.69, 9.17) is 0 Å². The Morgan fingerprint density at radius 3 is 2.50 bits per heavy atom. The zero-order chi connectivity index (χ0) is 4.41. The van der Waals surface area contributed by atoms with Crippen LogP contribution in [0.4, 0.5) is 0 Å². The van der Waals surface area contributed by atoms with Gasteiger partial charge >= 0.3 is 0 Å². The van der Waals surface area contributed by atoms with Gasteiger partial charge in [-0.3, -0.25) is 0 Å². The molecule has 1 radical (unpaired) electrons. The molecule has 0 saturated carbocycles. The first-order valence-electron chi connectivity index (χ1n) is 2.09. The quantitative estimate of drug-likeness (QED) is 0.369. The van der Waals surface area contributed by atoms with Crippen molar-refractivity contribution < 1.29 is 9.78 Å². The van der Waals surface area contributed by atoms with E-state index in [0.717, 1.165) is 6.42 Å². The minimum absolute atomic E-state index is 0.0231. The van der Waals surface area contributed by atoms with Crippen LogP contribution < -0.4 is 0 Å². The topological polar surface area (TPSA) is 25.1 Å². The van der Waals surface area contributed by atoms with E-state index >= 15 is 0 Å². The fourth-order valence-electron chi connectivity index (χ4n) is 0.303. The molecular formula is C4H7O2. The Labute approximate surface area is 37.0 Å². The SMILES string of the molecule is CC[CH]C1OO1. The molecule has 1 aliphatic rings. The number of hydrogen-bond donors (Lipinski definition) is 0. The molecule has 0 amide bonds. The van der Waals surface area contributed by atoms with Gasteiger partial charge in [-0.05, 0) is 6.42 Å². The fourth-order valence-corrected chi connectivity index (χ4v) is 0.303. The number of rotatable bonds is 2. The van der Waals surface area contributed by atoms with Crippen molar-refractivity contribution in [2.75, 3.05) is 0 Å². The third-order valence-corrected chi connectivity index (χ3v) is 0.635. The molecule has 0 aliphatic carbocycles. The molecule has 0 spiro atoms. The lowest BCUT2D eigenvalue weighted by atomic mass is 10.3. The monoisotopic (exact) mass is 87.0 g/mol. The van der Waals surface area contributed by atoms with Gasteiger partial charge in [0.05, 0.1) is 0 Å². The molecule has 0 aromatic carbocycles. The fraction of sp³-hybridized carbons (Fsp3) is 0.750. The van der Waals surface area contributed by atoms with Crippen LogP contribution in [0.2, 0.25) is 0 Å². The first-order valence-corrected chi connectivity index (χ1v) is 2.09. The van der Waals surface area contributed by atoms with Crippen LogP contribution in [0.25, 0.3) is 0 Å². The minimum Gasteiger partial charge on any atom is -0.198 e. The summed E-state index contributed by atoms with van der Waals surface area (Å²) in [6.45, 7) is 2.05. The van der Waals surface area contributed by atoms with Gasteiger partial charge in [0, 0.05) is 6.42 Å². The van der Waals surface area contributed by atoms with E-state index in [0.29, 0.717) is 0 Å². The molecule has 0 N–H and O–H groups in total. The molecule has 0 bridgehead atoms. The Hall–Kier alpha value is -0.0800. The molecule has 1 rings (SSSR count).